The number of nitrogens with zero attached hydrogens (tertiary/aromatic N) is 4. The predicted octanol–water partition coefficient (Wildman–Crippen LogP) is 2.87. The number of likely N-dealkylation sites (tertiary alicyclic amines) is 1. The lowest BCUT2D eigenvalue weighted by atomic mass is 10.2. The van der Waals surface area contributed by atoms with Crippen LogP contribution in [0.15, 0.2) is 28.8 Å². The number of hydrogen-bond donors (Lipinski definition) is 1. The summed E-state index contributed by atoms with van der Waals surface area (Å²) in [5.74, 6) is 0.825. The number of rotatable bonds is 5. The van der Waals surface area contributed by atoms with Crippen LogP contribution < -0.4 is 5.32 Å². The third-order valence-corrected chi connectivity index (χ3v) is 5.42. The molecule has 0 saturated carbocycles. The minimum absolute atomic E-state index is 0.0131. The van der Waals surface area contributed by atoms with Crippen LogP contribution in [-0.2, 0) is 17.9 Å². The van der Waals surface area contributed by atoms with Crippen molar-refractivity contribution in [1.82, 2.24) is 25.3 Å². The number of methoxy groups -OCH3 is 1. The van der Waals surface area contributed by atoms with Crippen molar-refractivity contribution in [3.05, 3.63) is 41.0 Å². The quantitative estimate of drug-likeness (QED) is 0.739. The van der Waals surface area contributed by atoms with Crippen LogP contribution in [0.3, 0.4) is 0 Å². The fourth-order valence-electron chi connectivity index (χ4n) is 3.10. The van der Waals surface area contributed by atoms with Gasteiger partial charge in [0.2, 0.25) is 5.89 Å². The molecule has 3 heterocycles. The Kier molecular flexibility index (Phi) is 4.81. The van der Waals surface area contributed by atoms with Gasteiger partial charge < -0.3 is 19.5 Å². The molecule has 136 valence electrons. The molecule has 3 aromatic rings. The van der Waals surface area contributed by atoms with Gasteiger partial charge in [0.25, 0.3) is 0 Å². The van der Waals surface area contributed by atoms with E-state index in [-0.39, 0.29) is 25.2 Å². The number of para-hydroxylation sites is 1. The van der Waals surface area contributed by atoms with Crippen LogP contribution in [-0.4, -0.2) is 39.7 Å². The van der Waals surface area contributed by atoms with E-state index in [9.17, 15) is 4.79 Å². The van der Waals surface area contributed by atoms with Crippen molar-refractivity contribution < 1.29 is 14.1 Å². The minimum atomic E-state index is -0.141. The van der Waals surface area contributed by atoms with Gasteiger partial charge in [0.05, 0.1) is 22.8 Å². The number of fused-ring (bicyclic) bond motifs is 1. The van der Waals surface area contributed by atoms with E-state index in [1.165, 1.54) is 0 Å². The monoisotopic (exact) mass is 373 g/mol. The maximum atomic E-state index is 12.6. The number of amides is 2. The molecule has 8 nitrogen and oxygen atoms in total. The minimum Gasteiger partial charge on any atom is -0.377 e. The Morgan fingerprint density at radius 2 is 2.31 bits per heavy atom. The summed E-state index contributed by atoms with van der Waals surface area (Å²) in [6.45, 7) is 1.19. The highest BCUT2D eigenvalue weighted by atomic mass is 32.1. The molecule has 1 atom stereocenters. The second kappa shape index (κ2) is 7.38. The topological polar surface area (TPSA) is 93.4 Å². The molecule has 0 unspecified atom stereocenters. The third-order valence-electron chi connectivity index (χ3n) is 4.28. The summed E-state index contributed by atoms with van der Waals surface area (Å²) < 4.78 is 11.2. The number of hydrogen-bond acceptors (Lipinski definition) is 7. The molecule has 0 bridgehead atoms. The zero-order chi connectivity index (χ0) is 17.9. The molecule has 0 spiro atoms. The lowest BCUT2D eigenvalue weighted by molar-refractivity contribution is 0.174. The van der Waals surface area contributed by atoms with Crippen molar-refractivity contribution in [2.45, 2.75) is 32.0 Å². The molecular formula is C17H19N5O3S. The van der Waals surface area contributed by atoms with Gasteiger partial charge in [-0.25, -0.2) is 9.78 Å². The van der Waals surface area contributed by atoms with E-state index in [0.29, 0.717) is 18.3 Å². The van der Waals surface area contributed by atoms with Crippen LogP contribution >= 0.6 is 11.3 Å². The maximum absolute atomic E-state index is 12.6. The number of aromatic nitrogens is 3. The number of benzene rings is 1. The van der Waals surface area contributed by atoms with Crippen LogP contribution in [0.25, 0.3) is 10.2 Å². The molecule has 4 rings (SSSR count). The van der Waals surface area contributed by atoms with Crippen LogP contribution in [0.2, 0.25) is 0 Å². The number of urea groups is 1. The summed E-state index contributed by atoms with van der Waals surface area (Å²) in [5, 5.41) is 7.63. The van der Waals surface area contributed by atoms with E-state index in [1.54, 1.807) is 18.4 Å². The molecule has 1 fully saturated rings. The summed E-state index contributed by atoms with van der Waals surface area (Å²) >= 11 is 1.65. The predicted molar refractivity (Wildman–Crippen MR) is 95.5 cm³/mol. The molecule has 1 aliphatic rings. The maximum Gasteiger partial charge on any atom is 0.318 e. The van der Waals surface area contributed by atoms with Crippen molar-refractivity contribution in [2.75, 3.05) is 13.7 Å². The fraction of sp³-hybridized carbons (Fsp3) is 0.412. The standard InChI is InChI=1S/C17H19N5O3S/c1-24-10-14-20-15(25-21-14)9-18-17(23)22-8-4-6-12(22)16-19-11-5-2-3-7-13(11)26-16/h2-3,5,7,12H,4,6,8-10H2,1H3,(H,18,23)/t12-/m1/s1. The summed E-state index contributed by atoms with van der Waals surface area (Å²) in [6, 6.07) is 7.92. The Morgan fingerprint density at radius 1 is 1.42 bits per heavy atom. The molecule has 1 aliphatic heterocycles. The largest absolute Gasteiger partial charge is 0.377 e. The van der Waals surface area contributed by atoms with Crippen LogP contribution in [0.1, 0.15) is 35.6 Å². The van der Waals surface area contributed by atoms with Crippen molar-refractivity contribution in [1.29, 1.82) is 0 Å². The van der Waals surface area contributed by atoms with Crippen LogP contribution in [0.4, 0.5) is 4.79 Å². The first-order valence-electron chi connectivity index (χ1n) is 8.45. The Morgan fingerprint density at radius 3 is 3.15 bits per heavy atom. The molecule has 1 saturated heterocycles. The van der Waals surface area contributed by atoms with Crippen LogP contribution in [0, 0.1) is 0 Å². The normalized spacial score (nSPS) is 17.1. The van der Waals surface area contributed by atoms with Crippen molar-refractivity contribution in [3.63, 3.8) is 0 Å². The van der Waals surface area contributed by atoms with Gasteiger partial charge in [-0.3, -0.25) is 0 Å². The van der Waals surface area contributed by atoms with Crippen molar-refractivity contribution >= 4 is 27.6 Å². The molecule has 26 heavy (non-hydrogen) atoms. The van der Waals surface area contributed by atoms with Gasteiger partial charge in [-0.05, 0) is 25.0 Å². The molecule has 1 aromatic carbocycles. The average Bonchev–Trinajstić information content (AvgIpc) is 3.38. The summed E-state index contributed by atoms with van der Waals surface area (Å²) in [4.78, 5) is 23.3. The van der Waals surface area contributed by atoms with E-state index in [0.717, 1.165) is 28.1 Å². The number of carbonyl (C=O) groups is 1. The summed E-state index contributed by atoms with van der Waals surface area (Å²) in [7, 11) is 1.56. The second-order valence-corrected chi connectivity index (χ2v) is 7.13. The van der Waals surface area contributed by atoms with Gasteiger partial charge >= 0.3 is 6.03 Å². The second-order valence-electron chi connectivity index (χ2n) is 6.07. The van der Waals surface area contributed by atoms with Gasteiger partial charge in [0.15, 0.2) is 5.82 Å². The Hall–Kier alpha value is -2.52. The number of nitrogens with one attached hydrogen (secondary N) is 1. The zero-order valence-corrected chi connectivity index (χ0v) is 15.2. The summed E-state index contributed by atoms with van der Waals surface area (Å²) in [6.07, 6.45) is 1.89. The third kappa shape index (κ3) is 3.40. The van der Waals surface area contributed by atoms with Gasteiger partial charge in [-0.15, -0.1) is 11.3 Å². The molecule has 0 radical (unpaired) electrons. The Balaban J connectivity index is 1.42. The fourth-order valence-corrected chi connectivity index (χ4v) is 4.22. The first-order chi connectivity index (χ1) is 12.7. The first kappa shape index (κ1) is 16.9. The van der Waals surface area contributed by atoms with Gasteiger partial charge in [0, 0.05) is 13.7 Å². The first-order valence-corrected chi connectivity index (χ1v) is 9.26. The van der Waals surface area contributed by atoms with Gasteiger partial charge in [0.1, 0.15) is 11.6 Å². The molecule has 2 amide bonds. The highest BCUT2D eigenvalue weighted by Gasteiger charge is 2.32. The van der Waals surface area contributed by atoms with E-state index in [1.807, 2.05) is 23.1 Å². The SMILES string of the molecule is COCc1noc(CNC(=O)N2CCC[C@@H]2c2nc3ccccc3s2)n1. The van der Waals surface area contributed by atoms with Crippen molar-refractivity contribution in [2.24, 2.45) is 0 Å². The molecule has 2 aromatic heterocycles. The molecule has 1 N–H and O–H groups in total. The highest BCUT2D eigenvalue weighted by Crippen LogP contribution is 2.36. The molecular weight excluding hydrogens is 354 g/mol. The smallest absolute Gasteiger partial charge is 0.318 e. The van der Waals surface area contributed by atoms with E-state index in [4.69, 9.17) is 14.2 Å². The lowest BCUT2D eigenvalue weighted by Crippen LogP contribution is -2.39. The van der Waals surface area contributed by atoms with Crippen molar-refractivity contribution in [3.8, 4) is 0 Å². The van der Waals surface area contributed by atoms with E-state index in [2.05, 4.69) is 21.5 Å². The lowest BCUT2D eigenvalue weighted by Gasteiger charge is -2.23. The molecule has 9 heteroatoms. The Labute approximate surface area is 154 Å². The number of thiazole rings is 1. The van der Waals surface area contributed by atoms with Crippen LogP contribution in [0.5, 0.6) is 0 Å². The number of carbonyl (C=O) groups excluding carboxylic acids is 1. The highest BCUT2D eigenvalue weighted by molar-refractivity contribution is 7.18. The Bertz CT molecular complexity index is 876. The number of ether oxygens (including phenoxy) is 1. The van der Waals surface area contributed by atoms with E-state index < -0.39 is 0 Å². The van der Waals surface area contributed by atoms with E-state index >= 15 is 0 Å². The average molecular weight is 373 g/mol. The van der Waals surface area contributed by atoms with Gasteiger partial charge in [-0.2, -0.15) is 4.98 Å². The zero-order valence-electron chi connectivity index (χ0n) is 14.3. The molecule has 0 aliphatic carbocycles. The summed E-state index contributed by atoms with van der Waals surface area (Å²) in [5.41, 5.74) is 0.983. The van der Waals surface area contributed by atoms with Gasteiger partial charge in [-0.1, -0.05) is 17.3 Å².